The summed E-state index contributed by atoms with van der Waals surface area (Å²) in [5.74, 6) is -0.477. The summed E-state index contributed by atoms with van der Waals surface area (Å²) in [6.45, 7) is 1.48. The van der Waals surface area contributed by atoms with Crippen LogP contribution in [0.15, 0.2) is 47.3 Å². The number of anilines is 1. The predicted molar refractivity (Wildman–Crippen MR) is 95.4 cm³/mol. The smallest absolute Gasteiger partial charge is 0.338 e. The van der Waals surface area contributed by atoms with Crippen LogP contribution in [0.25, 0.3) is 11.0 Å². The highest BCUT2D eigenvalue weighted by atomic mass is 16.5. The molecule has 8 heteroatoms. The summed E-state index contributed by atoms with van der Waals surface area (Å²) in [5.41, 5.74) is 1.66. The molecule has 0 spiro atoms. The fourth-order valence-electron chi connectivity index (χ4n) is 2.36. The molecule has 0 aliphatic rings. The van der Waals surface area contributed by atoms with Crippen molar-refractivity contribution in [1.82, 2.24) is 9.97 Å². The first-order valence-corrected chi connectivity index (χ1v) is 7.84. The molecule has 0 unspecified atom stereocenters. The Balaban J connectivity index is 1.64. The number of ether oxygens (including phenoxy) is 2. The molecule has 0 aliphatic carbocycles. The van der Waals surface area contributed by atoms with Gasteiger partial charge in [0.1, 0.15) is 5.75 Å². The van der Waals surface area contributed by atoms with Gasteiger partial charge >= 0.3 is 11.7 Å². The third kappa shape index (κ3) is 3.75. The zero-order chi connectivity index (χ0) is 18.7. The third-order valence-corrected chi connectivity index (χ3v) is 3.76. The lowest BCUT2D eigenvalue weighted by atomic mass is 10.2. The first kappa shape index (κ1) is 17.3. The average molecular weight is 355 g/mol. The van der Waals surface area contributed by atoms with Gasteiger partial charge in [-0.1, -0.05) is 0 Å². The highest BCUT2D eigenvalue weighted by Crippen LogP contribution is 2.16. The van der Waals surface area contributed by atoms with Gasteiger partial charge in [-0.25, -0.2) is 9.59 Å². The second-order valence-corrected chi connectivity index (χ2v) is 5.60. The van der Waals surface area contributed by atoms with Crippen molar-refractivity contribution < 1.29 is 19.1 Å². The van der Waals surface area contributed by atoms with E-state index in [9.17, 15) is 14.4 Å². The lowest BCUT2D eigenvalue weighted by molar-refractivity contribution is -0.123. The molecule has 1 amide bonds. The molecule has 0 saturated carbocycles. The molecule has 134 valence electrons. The molecule has 1 heterocycles. The Morgan fingerprint density at radius 1 is 1.04 bits per heavy atom. The van der Waals surface area contributed by atoms with Gasteiger partial charge in [-0.2, -0.15) is 0 Å². The van der Waals surface area contributed by atoms with Crippen LogP contribution in [0, 0.1) is 0 Å². The number of hydrogen-bond acceptors (Lipinski definition) is 5. The first-order valence-electron chi connectivity index (χ1n) is 7.84. The van der Waals surface area contributed by atoms with Crippen molar-refractivity contribution in [2.45, 2.75) is 13.0 Å². The number of aromatic amines is 2. The zero-order valence-corrected chi connectivity index (χ0v) is 14.2. The van der Waals surface area contributed by atoms with Crippen molar-refractivity contribution in [3.63, 3.8) is 0 Å². The number of carbonyl (C=O) groups is 2. The SMILES string of the molecule is COc1ccc(C(=O)O[C@@H](C)C(=O)Nc2ccc3[nH]c(=O)[nH]c3c2)cc1. The fraction of sp³-hybridized carbons (Fsp3) is 0.167. The molecule has 0 bridgehead atoms. The Kier molecular flexibility index (Phi) is 4.74. The van der Waals surface area contributed by atoms with Gasteiger partial charge in [0.15, 0.2) is 6.10 Å². The topological polar surface area (TPSA) is 113 Å². The maximum absolute atomic E-state index is 12.2. The Bertz CT molecular complexity index is 1000. The van der Waals surface area contributed by atoms with Crippen LogP contribution in [-0.4, -0.2) is 35.1 Å². The van der Waals surface area contributed by atoms with E-state index in [4.69, 9.17) is 9.47 Å². The summed E-state index contributed by atoms with van der Waals surface area (Å²) in [6.07, 6.45) is -0.995. The van der Waals surface area contributed by atoms with Crippen LogP contribution in [0.2, 0.25) is 0 Å². The van der Waals surface area contributed by atoms with Crippen molar-refractivity contribution in [3.8, 4) is 5.75 Å². The molecule has 3 rings (SSSR count). The van der Waals surface area contributed by atoms with E-state index in [1.54, 1.807) is 42.5 Å². The maximum Gasteiger partial charge on any atom is 0.338 e. The summed E-state index contributed by atoms with van der Waals surface area (Å²) in [6, 6.07) is 11.3. The van der Waals surface area contributed by atoms with Crippen LogP contribution in [0.1, 0.15) is 17.3 Å². The molecule has 3 N–H and O–H groups in total. The average Bonchev–Trinajstić information content (AvgIpc) is 3.00. The first-order chi connectivity index (χ1) is 12.5. The van der Waals surface area contributed by atoms with E-state index in [0.717, 1.165) is 0 Å². The third-order valence-electron chi connectivity index (χ3n) is 3.76. The molecule has 0 aliphatic heterocycles. The summed E-state index contributed by atoms with van der Waals surface area (Å²) in [4.78, 5) is 40.8. The number of nitrogens with one attached hydrogen (secondary N) is 3. The number of benzene rings is 2. The van der Waals surface area contributed by atoms with E-state index in [1.807, 2.05) is 0 Å². The molecular formula is C18H17N3O5. The molecule has 3 aromatic rings. The zero-order valence-electron chi connectivity index (χ0n) is 14.2. The predicted octanol–water partition coefficient (Wildman–Crippen LogP) is 2.05. The van der Waals surface area contributed by atoms with Crippen molar-refractivity contribution >= 4 is 28.6 Å². The number of aromatic nitrogens is 2. The molecule has 0 saturated heterocycles. The number of methoxy groups -OCH3 is 1. The molecular weight excluding hydrogens is 338 g/mol. The van der Waals surface area contributed by atoms with Crippen molar-refractivity contribution in [3.05, 3.63) is 58.5 Å². The summed E-state index contributed by atoms with van der Waals surface area (Å²) in [5, 5.41) is 2.65. The van der Waals surface area contributed by atoms with Crippen LogP contribution in [0.4, 0.5) is 5.69 Å². The lowest BCUT2D eigenvalue weighted by Gasteiger charge is -2.13. The van der Waals surface area contributed by atoms with Gasteiger partial charge < -0.3 is 24.8 Å². The maximum atomic E-state index is 12.2. The van der Waals surface area contributed by atoms with Crippen LogP contribution < -0.4 is 15.7 Å². The van der Waals surface area contributed by atoms with Crippen LogP contribution >= 0.6 is 0 Å². The van der Waals surface area contributed by atoms with Gasteiger partial charge in [-0.15, -0.1) is 0 Å². The van der Waals surface area contributed by atoms with Gasteiger partial charge in [0, 0.05) is 5.69 Å². The number of hydrogen-bond donors (Lipinski definition) is 3. The number of H-pyrrole nitrogens is 2. The largest absolute Gasteiger partial charge is 0.497 e. The molecule has 1 atom stereocenters. The molecule has 26 heavy (non-hydrogen) atoms. The summed E-state index contributed by atoms with van der Waals surface area (Å²) in [7, 11) is 1.53. The van der Waals surface area contributed by atoms with E-state index in [1.165, 1.54) is 14.0 Å². The molecule has 1 aromatic heterocycles. The minimum Gasteiger partial charge on any atom is -0.497 e. The summed E-state index contributed by atoms with van der Waals surface area (Å²) < 4.78 is 10.2. The van der Waals surface area contributed by atoms with E-state index in [2.05, 4.69) is 15.3 Å². The highest BCUT2D eigenvalue weighted by Gasteiger charge is 2.19. The second-order valence-electron chi connectivity index (χ2n) is 5.60. The Hall–Kier alpha value is -3.55. The van der Waals surface area contributed by atoms with Gasteiger partial charge in [0.2, 0.25) is 0 Å². The normalized spacial score (nSPS) is 11.8. The minimum atomic E-state index is -0.995. The van der Waals surface area contributed by atoms with E-state index < -0.39 is 18.0 Å². The number of fused-ring (bicyclic) bond motifs is 1. The minimum absolute atomic E-state index is 0.316. The second kappa shape index (κ2) is 7.14. The van der Waals surface area contributed by atoms with Crippen LogP contribution in [0.5, 0.6) is 5.75 Å². The van der Waals surface area contributed by atoms with Crippen molar-refractivity contribution in [1.29, 1.82) is 0 Å². The van der Waals surface area contributed by atoms with Gasteiger partial charge in [-0.05, 0) is 49.4 Å². The standard InChI is InChI=1S/C18H17N3O5/c1-10(26-17(23)11-3-6-13(25-2)7-4-11)16(22)19-12-5-8-14-15(9-12)21-18(24)20-14/h3-10H,1-2H3,(H,19,22)(H2,20,21,24)/t10-/m0/s1. The Morgan fingerprint density at radius 3 is 2.42 bits per heavy atom. The van der Waals surface area contributed by atoms with Gasteiger partial charge in [0.05, 0.1) is 23.7 Å². The van der Waals surface area contributed by atoms with Crippen LogP contribution in [-0.2, 0) is 9.53 Å². The van der Waals surface area contributed by atoms with E-state index in [-0.39, 0.29) is 5.69 Å². The van der Waals surface area contributed by atoms with Gasteiger partial charge in [0.25, 0.3) is 5.91 Å². The highest BCUT2D eigenvalue weighted by molar-refractivity contribution is 5.98. The van der Waals surface area contributed by atoms with E-state index >= 15 is 0 Å². The quantitative estimate of drug-likeness (QED) is 0.606. The van der Waals surface area contributed by atoms with Gasteiger partial charge in [-0.3, -0.25) is 4.79 Å². The molecule has 0 radical (unpaired) electrons. The number of carbonyl (C=O) groups excluding carboxylic acids is 2. The number of esters is 1. The Labute approximate surface area is 148 Å². The monoisotopic (exact) mass is 355 g/mol. The Morgan fingerprint density at radius 2 is 1.73 bits per heavy atom. The van der Waals surface area contributed by atoms with E-state index in [0.29, 0.717) is 28.0 Å². The molecule has 8 nitrogen and oxygen atoms in total. The lowest BCUT2D eigenvalue weighted by Crippen LogP contribution is -2.30. The van der Waals surface area contributed by atoms with Crippen LogP contribution in [0.3, 0.4) is 0 Å². The molecule has 0 fully saturated rings. The van der Waals surface area contributed by atoms with Crippen molar-refractivity contribution in [2.75, 3.05) is 12.4 Å². The molecule has 2 aromatic carbocycles. The number of imidazole rings is 1. The number of rotatable bonds is 5. The van der Waals surface area contributed by atoms with Crippen molar-refractivity contribution in [2.24, 2.45) is 0 Å². The number of amides is 1. The summed E-state index contributed by atoms with van der Waals surface area (Å²) >= 11 is 0. The fourth-order valence-corrected chi connectivity index (χ4v) is 2.36.